The number of halogens is 2. The van der Waals surface area contributed by atoms with Crippen LogP contribution in [0.3, 0.4) is 0 Å². The van der Waals surface area contributed by atoms with Crippen LogP contribution in [0.5, 0.6) is 0 Å². The molecule has 0 bridgehead atoms. The summed E-state index contributed by atoms with van der Waals surface area (Å²) in [6.07, 6.45) is 6.63. The molecule has 0 aromatic rings. The number of hydrogen-bond acceptors (Lipinski definition) is 2. The van der Waals surface area contributed by atoms with Crippen LogP contribution in [0.25, 0.3) is 0 Å². The molecule has 0 aliphatic carbocycles. The maximum Gasteiger partial charge on any atom is 0.271 e. The fraction of sp³-hybridized carbons (Fsp3) is 0.316. The molecule has 1 nitrogen and oxygen atoms in total. The molecule has 0 aromatic carbocycles. The minimum Gasteiger partial charge on any atom is -0.271 e. The Hall–Kier alpha value is -1.62. The van der Waals surface area contributed by atoms with E-state index in [9.17, 15) is 8.78 Å². The first-order valence-corrected chi connectivity index (χ1v) is 8.29. The summed E-state index contributed by atoms with van der Waals surface area (Å²) >= 11 is 1.12. The third-order valence-electron chi connectivity index (χ3n) is 2.75. The average Bonchev–Trinajstić information content (AvgIpc) is 2.45. The van der Waals surface area contributed by atoms with Gasteiger partial charge in [-0.3, -0.25) is 4.99 Å². The Bertz CT molecular complexity index is 616. The summed E-state index contributed by atoms with van der Waals surface area (Å²) in [5.41, 5.74) is 2.45. The van der Waals surface area contributed by atoms with Crippen molar-refractivity contribution >= 4 is 25.3 Å². The number of alkyl halides is 2. The lowest BCUT2D eigenvalue weighted by atomic mass is 9.66. The summed E-state index contributed by atoms with van der Waals surface area (Å²) in [6, 6.07) is 0. The van der Waals surface area contributed by atoms with E-state index in [1.165, 1.54) is 0 Å². The first-order valence-electron chi connectivity index (χ1n) is 7.48. The third kappa shape index (κ3) is 8.87. The van der Waals surface area contributed by atoms with Crippen LogP contribution in [0.15, 0.2) is 75.0 Å². The van der Waals surface area contributed by atoms with E-state index >= 15 is 0 Å². The zero-order valence-electron chi connectivity index (χ0n) is 15.1. The van der Waals surface area contributed by atoms with E-state index in [0.29, 0.717) is 9.81 Å². The fourth-order valence-electron chi connectivity index (χ4n) is 1.45. The smallest absolute Gasteiger partial charge is 0.271 e. The standard InChI is InChI=1S/C19H25BF2NS/c1-9-10-11-17(16(7)19(8,21)22)24-15(6)12-23-18(13(2)3)20-14(4)5/h9-12H,4,6-7H2,1-3,5,8H3/b10-9-,17-11+,23-12?. The number of allylic oxidation sites excluding steroid dienone is 7. The summed E-state index contributed by atoms with van der Waals surface area (Å²) in [5, 5.41) is 0. The molecule has 0 amide bonds. The summed E-state index contributed by atoms with van der Waals surface area (Å²) < 4.78 is 27.1. The van der Waals surface area contributed by atoms with Crippen molar-refractivity contribution in [3.8, 4) is 0 Å². The molecular formula is C19H25BF2NS. The van der Waals surface area contributed by atoms with E-state index in [1.54, 1.807) is 24.4 Å². The number of aliphatic imine (C=N–C) groups is 1. The van der Waals surface area contributed by atoms with E-state index in [1.807, 2.05) is 35.0 Å². The summed E-state index contributed by atoms with van der Waals surface area (Å²) in [6.45, 7) is 19.6. The largest absolute Gasteiger partial charge is 0.271 e. The molecule has 5 heteroatoms. The monoisotopic (exact) mass is 348 g/mol. The SMILES string of the molecule is C=C(C)[B]C(N=CC(=C)S/C(=C/C=C\C)C(=C)C(C)(F)F)=C(C)C. The maximum absolute atomic E-state index is 13.5. The van der Waals surface area contributed by atoms with Crippen molar-refractivity contribution < 1.29 is 8.78 Å². The number of hydrogen-bond donors (Lipinski definition) is 0. The van der Waals surface area contributed by atoms with Crippen molar-refractivity contribution in [2.75, 3.05) is 0 Å². The van der Waals surface area contributed by atoms with Crippen molar-refractivity contribution in [3.05, 3.63) is 70.0 Å². The molecular weight excluding hydrogens is 323 g/mol. The van der Waals surface area contributed by atoms with E-state index in [-0.39, 0.29) is 5.57 Å². The van der Waals surface area contributed by atoms with Gasteiger partial charge in [0.1, 0.15) is 0 Å². The van der Waals surface area contributed by atoms with Crippen LogP contribution < -0.4 is 0 Å². The fourth-order valence-corrected chi connectivity index (χ4v) is 2.29. The summed E-state index contributed by atoms with van der Waals surface area (Å²) in [7, 11) is 1.86. The Morgan fingerprint density at radius 1 is 1.17 bits per heavy atom. The quantitative estimate of drug-likeness (QED) is 0.264. The molecule has 0 atom stereocenters. The van der Waals surface area contributed by atoms with Crippen LogP contribution >= 0.6 is 11.8 Å². The molecule has 0 unspecified atom stereocenters. The van der Waals surface area contributed by atoms with Gasteiger partial charge in [-0.05, 0) is 26.8 Å². The number of thioether (sulfide) groups is 1. The molecule has 1 radical (unpaired) electrons. The van der Waals surface area contributed by atoms with Gasteiger partial charge in [0, 0.05) is 34.1 Å². The minimum atomic E-state index is -2.99. The van der Waals surface area contributed by atoms with Gasteiger partial charge < -0.3 is 0 Å². The van der Waals surface area contributed by atoms with Gasteiger partial charge >= 0.3 is 0 Å². The molecule has 0 fully saturated rings. The van der Waals surface area contributed by atoms with Gasteiger partial charge in [-0.15, -0.1) is 12.1 Å². The molecule has 0 N–H and O–H groups in total. The Labute approximate surface area is 150 Å². The van der Waals surface area contributed by atoms with Crippen LogP contribution in [0.4, 0.5) is 8.78 Å². The molecule has 0 heterocycles. The van der Waals surface area contributed by atoms with Gasteiger partial charge in [0.25, 0.3) is 5.92 Å². The molecule has 129 valence electrons. The Morgan fingerprint density at radius 2 is 1.75 bits per heavy atom. The maximum atomic E-state index is 13.5. The molecule has 24 heavy (non-hydrogen) atoms. The topological polar surface area (TPSA) is 12.4 Å². The van der Waals surface area contributed by atoms with Crippen LogP contribution in [-0.2, 0) is 0 Å². The van der Waals surface area contributed by atoms with Crippen molar-refractivity contribution in [3.63, 3.8) is 0 Å². The van der Waals surface area contributed by atoms with Crippen LogP contribution in [-0.4, -0.2) is 19.4 Å². The Morgan fingerprint density at radius 3 is 2.17 bits per heavy atom. The van der Waals surface area contributed by atoms with Crippen molar-refractivity contribution in [1.82, 2.24) is 0 Å². The van der Waals surface area contributed by atoms with E-state index < -0.39 is 5.92 Å². The zero-order valence-corrected chi connectivity index (χ0v) is 15.9. The van der Waals surface area contributed by atoms with Gasteiger partial charge in [-0.1, -0.05) is 49.6 Å². The van der Waals surface area contributed by atoms with Crippen molar-refractivity contribution in [2.24, 2.45) is 4.99 Å². The molecule has 0 aromatic heterocycles. The van der Waals surface area contributed by atoms with Gasteiger partial charge in [0.05, 0.1) is 0 Å². The number of nitrogens with zero attached hydrogens (tertiary/aromatic N) is 1. The molecule has 0 spiro atoms. The van der Waals surface area contributed by atoms with Crippen LogP contribution in [0.1, 0.15) is 34.6 Å². The first kappa shape index (κ1) is 22.4. The highest BCUT2D eigenvalue weighted by Gasteiger charge is 2.28. The van der Waals surface area contributed by atoms with Crippen molar-refractivity contribution in [2.45, 2.75) is 40.5 Å². The second kappa shape index (κ2) is 10.3. The predicted molar refractivity (Wildman–Crippen MR) is 107 cm³/mol. The number of rotatable bonds is 9. The minimum absolute atomic E-state index is 0.240. The Balaban J connectivity index is 5.29. The third-order valence-corrected chi connectivity index (χ3v) is 3.72. The van der Waals surface area contributed by atoms with E-state index in [0.717, 1.165) is 35.3 Å². The highest BCUT2D eigenvalue weighted by molar-refractivity contribution is 8.07. The zero-order chi connectivity index (χ0) is 18.9. The molecule has 0 rings (SSSR count). The van der Waals surface area contributed by atoms with E-state index in [2.05, 4.69) is 24.7 Å². The van der Waals surface area contributed by atoms with Crippen molar-refractivity contribution in [1.29, 1.82) is 0 Å². The van der Waals surface area contributed by atoms with Gasteiger partial charge in [-0.2, -0.15) is 0 Å². The van der Waals surface area contributed by atoms with Crippen LogP contribution in [0, 0.1) is 0 Å². The highest BCUT2D eigenvalue weighted by Crippen LogP contribution is 2.37. The second-order valence-electron chi connectivity index (χ2n) is 5.63. The molecule has 0 aliphatic rings. The summed E-state index contributed by atoms with van der Waals surface area (Å²) in [5.74, 6) is -2.99. The predicted octanol–water partition coefficient (Wildman–Crippen LogP) is 6.46. The van der Waals surface area contributed by atoms with E-state index in [4.69, 9.17) is 0 Å². The Kier molecular flexibility index (Phi) is 9.60. The highest BCUT2D eigenvalue weighted by atomic mass is 32.2. The lowest BCUT2D eigenvalue weighted by Crippen LogP contribution is -2.13. The first-order chi connectivity index (χ1) is 11.0. The summed E-state index contributed by atoms with van der Waals surface area (Å²) in [4.78, 5) is 5.28. The molecule has 0 saturated carbocycles. The molecule has 0 saturated heterocycles. The van der Waals surface area contributed by atoms with Gasteiger partial charge in [-0.25, -0.2) is 8.78 Å². The van der Waals surface area contributed by atoms with Gasteiger partial charge in [0.15, 0.2) is 0 Å². The normalized spacial score (nSPS) is 12.5. The van der Waals surface area contributed by atoms with Gasteiger partial charge in [0.2, 0.25) is 7.28 Å². The average molecular weight is 348 g/mol. The van der Waals surface area contributed by atoms with Crippen LogP contribution in [0.2, 0.25) is 0 Å². The molecule has 0 aliphatic heterocycles. The lowest BCUT2D eigenvalue weighted by Gasteiger charge is -2.16. The lowest BCUT2D eigenvalue weighted by molar-refractivity contribution is 0.0675. The second-order valence-corrected chi connectivity index (χ2v) is 6.79.